The van der Waals surface area contributed by atoms with Crippen molar-refractivity contribution in [3.8, 4) is 0 Å². The number of methoxy groups -OCH3 is 1. The van der Waals surface area contributed by atoms with Crippen LogP contribution in [-0.2, 0) is 14.3 Å². The Hall–Kier alpha value is -4.08. The average molecular weight is 479 g/mol. The van der Waals surface area contributed by atoms with Gasteiger partial charge in [0.2, 0.25) is 5.91 Å². The Morgan fingerprint density at radius 3 is 2.34 bits per heavy atom. The van der Waals surface area contributed by atoms with Crippen molar-refractivity contribution in [3.05, 3.63) is 64.2 Å². The smallest absolute Gasteiger partial charge is 0.339 e. The van der Waals surface area contributed by atoms with Gasteiger partial charge in [-0.15, -0.1) is 0 Å². The van der Waals surface area contributed by atoms with E-state index >= 15 is 0 Å². The Kier molecular flexibility index (Phi) is 5.70. The number of hydrazone groups is 1. The molecule has 0 radical (unpaired) electrons. The third kappa shape index (κ3) is 3.39. The SMILES string of the molecule is COC(=O)c1ccccc1NC(=O)C12CCC(C)(C(=NNc3ccc([N+](=O)[O-])cc3)C1=O)C2(C)C. The molecule has 2 fully saturated rings. The van der Waals surface area contributed by atoms with Gasteiger partial charge >= 0.3 is 5.97 Å². The number of carbonyl (C=O) groups excluding carboxylic acids is 3. The lowest BCUT2D eigenvalue weighted by atomic mass is 9.64. The van der Waals surface area contributed by atoms with Gasteiger partial charge in [0, 0.05) is 17.5 Å². The minimum atomic E-state index is -1.37. The molecular weight excluding hydrogens is 452 g/mol. The van der Waals surface area contributed by atoms with Gasteiger partial charge < -0.3 is 10.1 Å². The van der Waals surface area contributed by atoms with E-state index in [0.29, 0.717) is 18.5 Å². The van der Waals surface area contributed by atoms with E-state index in [0.717, 1.165) is 0 Å². The van der Waals surface area contributed by atoms with Crippen molar-refractivity contribution in [1.29, 1.82) is 0 Å². The second-order valence-corrected chi connectivity index (χ2v) is 9.56. The molecule has 2 bridgehead atoms. The molecule has 2 N–H and O–H groups in total. The van der Waals surface area contributed by atoms with E-state index in [2.05, 4.69) is 15.8 Å². The molecule has 182 valence electrons. The summed E-state index contributed by atoms with van der Waals surface area (Å²) in [7, 11) is 1.26. The molecule has 4 rings (SSSR count). The van der Waals surface area contributed by atoms with Crippen LogP contribution in [0.2, 0.25) is 0 Å². The van der Waals surface area contributed by atoms with Crippen molar-refractivity contribution in [2.45, 2.75) is 33.6 Å². The number of amides is 1. The molecule has 1 amide bonds. The van der Waals surface area contributed by atoms with E-state index in [1.165, 1.54) is 31.4 Å². The van der Waals surface area contributed by atoms with Gasteiger partial charge in [-0.3, -0.25) is 25.1 Å². The molecule has 0 heterocycles. The van der Waals surface area contributed by atoms with E-state index in [1.54, 1.807) is 24.3 Å². The molecule has 0 aromatic heterocycles. The molecule has 10 nitrogen and oxygen atoms in total. The van der Waals surface area contributed by atoms with Crippen LogP contribution in [0.1, 0.15) is 44.0 Å². The Morgan fingerprint density at radius 1 is 1.06 bits per heavy atom. The maximum atomic E-state index is 13.8. The predicted octanol–water partition coefficient (Wildman–Crippen LogP) is 4.18. The third-order valence-corrected chi connectivity index (χ3v) is 7.91. The lowest BCUT2D eigenvalue weighted by Crippen LogP contribution is -2.48. The summed E-state index contributed by atoms with van der Waals surface area (Å²) in [5, 5.41) is 18.1. The van der Waals surface area contributed by atoms with Gasteiger partial charge in [0.1, 0.15) is 11.1 Å². The number of benzene rings is 2. The minimum Gasteiger partial charge on any atom is -0.465 e. The number of anilines is 2. The highest BCUT2D eigenvalue weighted by atomic mass is 16.6. The van der Waals surface area contributed by atoms with E-state index in [-0.39, 0.29) is 28.4 Å². The summed E-state index contributed by atoms with van der Waals surface area (Å²) in [5.41, 5.74) is 1.13. The quantitative estimate of drug-likeness (QED) is 0.275. The van der Waals surface area contributed by atoms with Gasteiger partial charge in [-0.1, -0.05) is 32.9 Å². The van der Waals surface area contributed by atoms with Crippen molar-refractivity contribution in [2.75, 3.05) is 17.9 Å². The van der Waals surface area contributed by atoms with E-state index < -0.39 is 33.0 Å². The summed E-state index contributed by atoms with van der Waals surface area (Å²) in [6, 6.07) is 12.1. The largest absolute Gasteiger partial charge is 0.465 e. The van der Waals surface area contributed by atoms with Gasteiger partial charge in [0.15, 0.2) is 5.78 Å². The number of nitrogens with zero attached hydrogens (tertiary/aromatic N) is 2. The topological polar surface area (TPSA) is 140 Å². The minimum absolute atomic E-state index is 0.0600. The van der Waals surface area contributed by atoms with E-state index in [1.807, 2.05) is 20.8 Å². The number of hydrogen-bond acceptors (Lipinski definition) is 8. The number of ether oxygens (including phenoxy) is 1. The second kappa shape index (κ2) is 8.30. The summed E-state index contributed by atoms with van der Waals surface area (Å²) in [6.45, 7) is 5.70. The number of nitrogens with one attached hydrogen (secondary N) is 2. The molecule has 2 aliphatic rings. The van der Waals surface area contributed by atoms with Crippen molar-refractivity contribution in [3.63, 3.8) is 0 Å². The maximum Gasteiger partial charge on any atom is 0.339 e. The Bertz CT molecular complexity index is 1270. The number of carbonyl (C=O) groups is 3. The standard InChI is InChI=1S/C25H26N4O6/c1-23(2)24(3)13-14-25(23,22(32)26-18-8-6-5-7-17(18)21(31)35-4)20(30)19(24)28-27-15-9-11-16(12-10-15)29(33)34/h5-12,27H,13-14H2,1-4H3,(H,26,32). The van der Waals surface area contributed by atoms with Crippen LogP contribution < -0.4 is 10.7 Å². The van der Waals surface area contributed by atoms with Crippen LogP contribution in [0.25, 0.3) is 0 Å². The van der Waals surface area contributed by atoms with E-state index in [9.17, 15) is 24.5 Å². The van der Waals surface area contributed by atoms with Crippen molar-refractivity contribution in [1.82, 2.24) is 0 Å². The van der Waals surface area contributed by atoms with Gasteiger partial charge in [-0.05, 0) is 42.5 Å². The second-order valence-electron chi connectivity index (χ2n) is 9.56. The van der Waals surface area contributed by atoms with E-state index in [4.69, 9.17) is 4.74 Å². The summed E-state index contributed by atoms with van der Waals surface area (Å²) >= 11 is 0. The number of nitro benzene ring substituents is 1. The fraction of sp³-hybridized carbons (Fsp3) is 0.360. The molecule has 2 aromatic carbocycles. The molecule has 2 atom stereocenters. The lowest BCUT2D eigenvalue weighted by Gasteiger charge is -2.37. The monoisotopic (exact) mass is 478 g/mol. The van der Waals surface area contributed by atoms with Crippen LogP contribution in [0.4, 0.5) is 17.1 Å². The first kappa shape index (κ1) is 24.1. The normalized spacial score (nSPS) is 25.4. The molecule has 0 saturated heterocycles. The summed E-state index contributed by atoms with van der Waals surface area (Å²) in [6.07, 6.45) is 0.913. The van der Waals surface area contributed by atoms with Gasteiger partial charge in [-0.2, -0.15) is 5.10 Å². The van der Waals surface area contributed by atoms with Crippen LogP contribution in [0.3, 0.4) is 0 Å². The molecule has 2 aliphatic carbocycles. The van der Waals surface area contributed by atoms with Gasteiger partial charge in [0.25, 0.3) is 5.69 Å². The van der Waals surface area contributed by atoms with Crippen LogP contribution in [0.5, 0.6) is 0 Å². The van der Waals surface area contributed by atoms with Crippen LogP contribution in [0.15, 0.2) is 53.6 Å². The van der Waals surface area contributed by atoms with Crippen LogP contribution in [0, 0.1) is 26.4 Å². The molecule has 2 unspecified atom stereocenters. The zero-order valence-corrected chi connectivity index (χ0v) is 19.9. The zero-order valence-electron chi connectivity index (χ0n) is 19.9. The number of esters is 1. The predicted molar refractivity (Wildman–Crippen MR) is 129 cm³/mol. The molecule has 35 heavy (non-hydrogen) atoms. The van der Waals surface area contributed by atoms with Crippen molar-refractivity contribution < 1.29 is 24.0 Å². The number of para-hydroxylation sites is 1. The average Bonchev–Trinajstić information content (AvgIpc) is 3.12. The third-order valence-electron chi connectivity index (χ3n) is 7.91. The number of Topliss-reactive ketones (excluding diaryl/α,β-unsaturated/α-hetero) is 1. The number of nitro groups is 1. The summed E-state index contributed by atoms with van der Waals surface area (Å²) in [4.78, 5) is 50.0. The first-order valence-corrected chi connectivity index (χ1v) is 11.1. The molecular formula is C25H26N4O6. The highest BCUT2D eigenvalue weighted by Crippen LogP contribution is 2.69. The fourth-order valence-corrected chi connectivity index (χ4v) is 5.36. The number of hydrogen-bond donors (Lipinski definition) is 2. The Balaban J connectivity index is 1.67. The first-order chi connectivity index (χ1) is 16.5. The molecule has 10 heteroatoms. The Morgan fingerprint density at radius 2 is 1.71 bits per heavy atom. The zero-order chi connectivity index (χ0) is 25.6. The highest BCUT2D eigenvalue weighted by molar-refractivity contribution is 6.51. The molecule has 2 aromatic rings. The lowest BCUT2D eigenvalue weighted by molar-refractivity contribution is -0.384. The fourth-order valence-electron chi connectivity index (χ4n) is 5.36. The van der Waals surface area contributed by atoms with Crippen molar-refractivity contribution in [2.24, 2.45) is 21.3 Å². The van der Waals surface area contributed by atoms with Gasteiger partial charge in [0.05, 0.1) is 29.0 Å². The summed E-state index contributed by atoms with van der Waals surface area (Å²) in [5.74, 6) is -1.46. The number of ketones is 1. The van der Waals surface area contributed by atoms with Crippen molar-refractivity contribution >= 4 is 40.4 Å². The Labute approximate surface area is 201 Å². The van der Waals surface area contributed by atoms with Gasteiger partial charge in [-0.25, -0.2) is 4.79 Å². The number of fused-ring (bicyclic) bond motifs is 2. The molecule has 0 spiro atoms. The number of non-ortho nitro benzene ring substituents is 1. The molecule has 2 saturated carbocycles. The van der Waals surface area contributed by atoms with Crippen LogP contribution >= 0.6 is 0 Å². The summed E-state index contributed by atoms with van der Waals surface area (Å²) < 4.78 is 4.81. The maximum absolute atomic E-state index is 13.8. The highest BCUT2D eigenvalue weighted by Gasteiger charge is 2.76. The molecule has 0 aliphatic heterocycles. The first-order valence-electron chi connectivity index (χ1n) is 11.1. The van der Waals surface area contributed by atoms with Crippen LogP contribution in [-0.4, -0.2) is 35.4 Å². The number of rotatable bonds is 6.